The summed E-state index contributed by atoms with van der Waals surface area (Å²) in [5.74, 6) is 0.0448. The Bertz CT molecular complexity index is 602. The van der Waals surface area contributed by atoms with Crippen molar-refractivity contribution in [2.75, 3.05) is 31.5 Å². The van der Waals surface area contributed by atoms with Crippen molar-refractivity contribution in [3.05, 3.63) is 29.3 Å². The lowest BCUT2D eigenvalue weighted by molar-refractivity contribution is -0.126. The van der Waals surface area contributed by atoms with E-state index in [9.17, 15) is 9.59 Å². The van der Waals surface area contributed by atoms with Gasteiger partial charge in [-0.3, -0.25) is 9.69 Å². The van der Waals surface area contributed by atoms with Crippen LogP contribution in [0.2, 0.25) is 0 Å². The third kappa shape index (κ3) is 4.95. The maximum atomic E-state index is 12.5. The first-order valence-electron chi connectivity index (χ1n) is 8.96. The van der Waals surface area contributed by atoms with Crippen molar-refractivity contribution in [2.45, 2.75) is 46.7 Å². The minimum Gasteiger partial charge on any atom is -0.353 e. The van der Waals surface area contributed by atoms with Crippen LogP contribution in [0, 0.1) is 13.8 Å². The maximum Gasteiger partial charge on any atom is 0.321 e. The van der Waals surface area contributed by atoms with Crippen LogP contribution in [-0.2, 0) is 4.79 Å². The van der Waals surface area contributed by atoms with Crippen LogP contribution >= 0.6 is 0 Å². The van der Waals surface area contributed by atoms with Gasteiger partial charge in [-0.15, -0.1) is 0 Å². The standard InChI is InChI=1S/C19H30N4O2/c1-13(2)20-18(24)16(5)22-9-11-23(12-10-22)19(25)21-17-14(3)7-6-8-15(17)4/h6-8,13,16H,9-12H2,1-5H3,(H,20,24)(H,21,25)/t16-/m1/s1. The largest absolute Gasteiger partial charge is 0.353 e. The number of nitrogens with one attached hydrogen (secondary N) is 2. The zero-order valence-corrected chi connectivity index (χ0v) is 15.9. The number of hydrogen-bond acceptors (Lipinski definition) is 3. The molecule has 2 rings (SSSR count). The van der Waals surface area contributed by atoms with Gasteiger partial charge in [-0.1, -0.05) is 18.2 Å². The van der Waals surface area contributed by atoms with Crippen LogP contribution < -0.4 is 10.6 Å². The molecule has 25 heavy (non-hydrogen) atoms. The summed E-state index contributed by atoms with van der Waals surface area (Å²) in [7, 11) is 0. The molecule has 2 N–H and O–H groups in total. The van der Waals surface area contributed by atoms with Gasteiger partial charge < -0.3 is 15.5 Å². The van der Waals surface area contributed by atoms with E-state index in [0.717, 1.165) is 16.8 Å². The van der Waals surface area contributed by atoms with Gasteiger partial charge in [-0.25, -0.2) is 4.79 Å². The molecule has 0 spiro atoms. The number of urea groups is 1. The van der Waals surface area contributed by atoms with Gasteiger partial charge in [-0.2, -0.15) is 0 Å². The zero-order valence-electron chi connectivity index (χ0n) is 15.9. The van der Waals surface area contributed by atoms with Gasteiger partial charge in [0.15, 0.2) is 0 Å². The number of aryl methyl sites for hydroxylation is 2. The number of anilines is 1. The zero-order chi connectivity index (χ0) is 18.6. The van der Waals surface area contributed by atoms with E-state index >= 15 is 0 Å². The molecule has 1 aliphatic heterocycles. The molecule has 1 aliphatic rings. The van der Waals surface area contributed by atoms with Gasteiger partial charge in [0.25, 0.3) is 0 Å². The number of amides is 3. The van der Waals surface area contributed by atoms with Crippen LogP contribution in [0.15, 0.2) is 18.2 Å². The van der Waals surface area contributed by atoms with Crippen molar-refractivity contribution >= 4 is 17.6 Å². The number of piperazine rings is 1. The summed E-state index contributed by atoms with van der Waals surface area (Å²) in [4.78, 5) is 28.6. The Kier molecular flexibility index (Phi) is 6.42. The Labute approximate surface area is 150 Å². The monoisotopic (exact) mass is 346 g/mol. The molecule has 0 bridgehead atoms. The molecule has 0 unspecified atom stereocenters. The van der Waals surface area contributed by atoms with Crippen LogP contribution in [0.1, 0.15) is 31.9 Å². The summed E-state index contributed by atoms with van der Waals surface area (Å²) >= 11 is 0. The Morgan fingerprint density at radius 1 is 1.00 bits per heavy atom. The first-order chi connectivity index (χ1) is 11.8. The van der Waals surface area contributed by atoms with Crippen LogP contribution in [0.3, 0.4) is 0 Å². The highest BCUT2D eigenvalue weighted by atomic mass is 16.2. The molecule has 1 heterocycles. The molecule has 3 amide bonds. The molecule has 6 heteroatoms. The van der Waals surface area contributed by atoms with Gasteiger partial charge in [0.1, 0.15) is 0 Å². The summed E-state index contributed by atoms with van der Waals surface area (Å²) in [6.07, 6.45) is 0. The van der Waals surface area contributed by atoms with Crippen molar-refractivity contribution < 1.29 is 9.59 Å². The average molecular weight is 346 g/mol. The minimum atomic E-state index is -0.175. The number of carbonyl (C=O) groups is 2. The summed E-state index contributed by atoms with van der Waals surface area (Å²) < 4.78 is 0. The molecular weight excluding hydrogens is 316 g/mol. The van der Waals surface area contributed by atoms with Gasteiger partial charge >= 0.3 is 6.03 Å². The summed E-state index contributed by atoms with van der Waals surface area (Å²) in [5, 5.41) is 5.98. The van der Waals surface area contributed by atoms with Crippen molar-refractivity contribution in [2.24, 2.45) is 0 Å². The van der Waals surface area contributed by atoms with E-state index in [4.69, 9.17) is 0 Å². The van der Waals surface area contributed by atoms with Crippen molar-refractivity contribution in [3.63, 3.8) is 0 Å². The number of carbonyl (C=O) groups excluding carboxylic acids is 2. The average Bonchev–Trinajstić information content (AvgIpc) is 2.57. The Hall–Kier alpha value is -2.08. The van der Waals surface area contributed by atoms with E-state index < -0.39 is 0 Å². The van der Waals surface area contributed by atoms with Crippen molar-refractivity contribution in [3.8, 4) is 0 Å². The summed E-state index contributed by atoms with van der Waals surface area (Å²) in [6, 6.07) is 5.87. The lowest BCUT2D eigenvalue weighted by Crippen LogP contribution is -2.56. The predicted octanol–water partition coefficient (Wildman–Crippen LogP) is 2.37. The van der Waals surface area contributed by atoms with Crippen molar-refractivity contribution in [1.29, 1.82) is 0 Å². The topological polar surface area (TPSA) is 64.7 Å². The second-order valence-corrected chi connectivity index (χ2v) is 7.06. The van der Waals surface area contributed by atoms with Crippen LogP contribution in [-0.4, -0.2) is 60.0 Å². The van der Waals surface area contributed by atoms with Gasteiger partial charge in [0.2, 0.25) is 5.91 Å². The molecule has 0 aliphatic carbocycles. The minimum absolute atomic E-state index is 0.0448. The molecule has 0 saturated carbocycles. The number of rotatable bonds is 4. The normalized spacial score (nSPS) is 16.6. The first-order valence-corrected chi connectivity index (χ1v) is 8.96. The lowest BCUT2D eigenvalue weighted by Gasteiger charge is -2.37. The van der Waals surface area contributed by atoms with Crippen molar-refractivity contribution in [1.82, 2.24) is 15.1 Å². The smallest absolute Gasteiger partial charge is 0.321 e. The molecule has 1 aromatic rings. The van der Waals surface area contributed by atoms with E-state index in [-0.39, 0.29) is 24.0 Å². The van der Waals surface area contributed by atoms with Crippen LogP contribution in [0.4, 0.5) is 10.5 Å². The lowest BCUT2D eigenvalue weighted by atomic mass is 10.1. The van der Waals surface area contributed by atoms with E-state index in [1.807, 2.05) is 57.7 Å². The highest BCUT2D eigenvalue weighted by molar-refractivity contribution is 5.91. The third-order valence-corrected chi connectivity index (χ3v) is 4.67. The van der Waals surface area contributed by atoms with Gasteiger partial charge in [0, 0.05) is 37.9 Å². The highest BCUT2D eigenvalue weighted by Gasteiger charge is 2.27. The Morgan fingerprint density at radius 3 is 2.08 bits per heavy atom. The van der Waals surface area contributed by atoms with Gasteiger partial charge in [0.05, 0.1) is 6.04 Å². The number of benzene rings is 1. The SMILES string of the molecule is Cc1cccc(C)c1NC(=O)N1CCN([C@H](C)C(=O)NC(C)C)CC1. The Morgan fingerprint density at radius 2 is 1.56 bits per heavy atom. The molecule has 1 atom stereocenters. The number of nitrogens with zero attached hydrogens (tertiary/aromatic N) is 2. The molecule has 0 aromatic heterocycles. The first kappa shape index (κ1) is 19.2. The molecule has 1 saturated heterocycles. The van der Waals surface area contributed by atoms with E-state index in [2.05, 4.69) is 15.5 Å². The van der Waals surface area contributed by atoms with Gasteiger partial charge in [-0.05, 0) is 45.7 Å². The maximum absolute atomic E-state index is 12.5. The molecule has 6 nitrogen and oxygen atoms in total. The third-order valence-electron chi connectivity index (χ3n) is 4.67. The summed E-state index contributed by atoms with van der Waals surface area (Å²) in [5.41, 5.74) is 3.01. The molecule has 1 aromatic carbocycles. The van der Waals surface area contributed by atoms with E-state index in [0.29, 0.717) is 26.2 Å². The highest BCUT2D eigenvalue weighted by Crippen LogP contribution is 2.20. The molecule has 138 valence electrons. The second kappa shape index (κ2) is 8.34. The fourth-order valence-corrected chi connectivity index (χ4v) is 3.08. The second-order valence-electron chi connectivity index (χ2n) is 7.06. The van der Waals surface area contributed by atoms with E-state index in [1.54, 1.807) is 0 Å². The fourth-order valence-electron chi connectivity index (χ4n) is 3.08. The van der Waals surface area contributed by atoms with Crippen LogP contribution in [0.5, 0.6) is 0 Å². The number of hydrogen-bond donors (Lipinski definition) is 2. The Balaban J connectivity index is 1.89. The quantitative estimate of drug-likeness (QED) is 0.880. The summed E-state index contributed by atoms with van der Waals surface area (Å²) in [6.45, 7) is 12.5. The van der Waals surface area contributed by atoms with E-state index in [1.165, 1.54) is 0 Å². The predicted molar refractivity (Wildman–Crippen MR) is 101 cm³/mol. The number of para-hydroxylation sites is 1. The molecule has 0 radical (unpaired) electrons. The molecular formula is C19H30N4O2. The van der Waals surface area contributed by atoms with Crippen LogP contribution in [0.25, 0.3) is 0 Å². The molecule has 1 fully saturated rings. The fraction of sp³-hybridized carbons (Fsp3) is 0.579.